The summed E-state index contributed by atoms with van der Waals surface area (Å²) in [6.45, 7) is 8.15. The molecule has 5 rings (SSSR count). The molecule has 0 unspecified atom stereocenters. The molecule has 2 aliphatic rings. The van der Waals surface area contributed by atoms with Gasteiger partial charge < -0.3 is 19.4 Å². The van der Waals surface area contributed by atoms with Gasteiger partial charge in [-0.2, -0.15) is 0 Å². The molecular weight excluding hydrogens is 402 g/mol. The summed E-state index contributed by atoms with van der Waals surface area (Å²) in [5, 5.41) is 4.86. The molecule has 2 aliphatic heterocycles. The van der Waals surface area contributed by atoms with Crippen LogP contribution in [0.4, 0.5) is 5.69 Å². The Bertz CT molecular complexity index is 1180. The highest BCUT2D eigenvalue weighted by Gasteiger charge is 2.21. The standard InChI is InChI=1S/C26H31N3O3/c1-3-18-5-7-23-21(13-18)22(15-26(30)29(23)4-2)27-20-9-11-28(12-10-20)16-19-6-8-24-25(14-19)32-17-31-24/h5-8,13-15,20,27H,3-4,9-12,16-17H2,1-2H3. The van der Waals surface area contributed by atoms with Gasteiger partial charge in [0.1, 0.15) is 0 Å². The second kappa shape index (κ2) is 8.87. The molecule has 1 fully saturated rings. The molecule has 3 heterocycles. The lowest BCUT2D eigenvalue weighted by Gasteiger charge is -2.33. The smallest absolute Gasteiger partial charge is 0.253 e. The van der Waals surface area contributed by atoms with Gasteiger partial charge in [0.2, 0.25) is 6.79 Å². The van der Waals surface area contributed by atoms with E-state index < -0.39 is 0 Å². The Morgan fingerprint density at radius 1 is 0.969 bits per heavy atom. The predicted molar refractivity (Wildman–Crippen MR) is 128 cm³/mol. The minimum Gasteiger partial charge on any atom is -0.454 e. The molecule has 0 aliphatic carbocycles. The van der Waals surface area contributed by atoms with Crippen molar-refractivity contribution in [2.75, 3.05) is 25.2 Å². The van der Waals surface area contributed by atoms with Crippen LogP contribution >= 0.6 is 0 Å². The zero-order valence-corrected chi connectivity index (χ0v) is 18.9. The fourth-order valence-electron chi connectivity index (χ4n) is 4.85. The number of likely N-dealkylation sites (tertiary alicyclic amines) is 1. The first kappa shape index (κ1) is 20.9. The van der Waals surface area contributed by atoms with Crippen molar-refractivity contribution in [3.8, 4) is 11.5 Å². The second-order valence-corrected chi connectivity index (χ2v) is 8.73. The van der Waals surface area contributed by atoms with Crippen LogP contribution in [-0.4, -0.2) is 35.4 Å². The van der Waals surface area contributed by atoms with E-state index in [4.69, 9.17) is 9.47 Å². The number of aryl methyl sites for hydroxylation is 2. The van der Waals surface area contributed by atoms with Crippen LogP contribution in [0.2, 0.25) is 0 Å². The highest BCUT2D eigenvalue weighted by molar-refractivity contribution is 5.92. The largest absolute Gasteiger partial charge is 0.454 e. The van der Waals surface area contributed by atoms with Gasteiger partial charge in [-0.05, 0) is 61.6 Å². The first-order chi connectivity index (χ1) is 15.6. The molecule has 1 aromatic heterocycles. The van der Waals surface area contributed by atoms with Gasteiger partial charge in [0, 0.05) is 49.4 Å². The van der Waals surface area contributed by atoms with Crippen LogP contribution in [0.3, 0.4) is 0 Å². The van der Waals surface area contributed by atoms with Crippen LogP contribution in [0.15, 0.2) is 47.3 Å². The van der Waals surface area contributed by atoms with Crippen molar-refractivity contribution >= 4 is 16.6 Å². The number of aromatic nitrogens is 1. The number of hydrogen-bond acceptors (Lipinski definition) is 5. The van der Waals surface area contributed by atoms with Crippen LogP contribution in [0, 0.1) is 0 Å². The third kappa shape index (κ3) is 4.07. The zero-order chi connectivity index (χ0) is 22.1. The highest BCUT2D eigenvalue weighted by atomic mass is 16.7. The quantitative estimate of drug-likeness (QED) is 0.625. The topological polar surface area (TPSA) is 55.7 Å². The number of fused-ring (bicyclic) bond motifs is 2. The molecule has 2 aromatic carbocycles. The number of pyridine rings is 1. The van der Waals surface area contributed by atoms with Crippen molar-refractivity contribution in [1.29, 1.82) is 0 Å². The first-order valence-corrected chi connectivity index (χ1v) is 11.7. The third-order valence-corrected chi connectivity index (χ3v) is 6.69. The summed E-state index contributed by atoms with van der Waals surface area (Å²) < 4.78 is 12.8. The van der Waals surface area contributed by atoms with Gasteiger partial charge in [0.25, 0.3) is 5.56 Å². The van der Waals surface area contributed by atoms with E-state index in [0.29, 0.717) is 19.4 Å². The van der Waals surface area contributed by atoms with Crippen LogP contribution in [-0.2, 0) is 19.5 Å². The molecule has 0 spiro atoms. The number of hydrogen-bond donors (Lipinski definition) is 1. The lowest BCUT2D eigenvalue weighted by Crippen LogP contribution is -2.39. The number of piperidine rings is 1. The molecule has 0 saturated carbocycles. The molecular formula is C26H31N3O3. The van der Waals surface area contributed by atoms with Crippen molar-refractivity contribution in [2.24, 2.45) is 0 Å². The average molecular weight is 434 g/mol. The lowest BCUT2D eigenvalue weighted by molar-refractivity contribution is 0.173. The monoisotopic (exact) mass is 433 g/mol. The molecule has 6 nitrogen and oxygen atoms in total. The van der Waals surface area contributed by atoms with E-state index in [0.717, 1.165) is 67.0 Å². The van der Waals surface area contributed by atoms with Crippen molar-refractivity contribution in [3.63, 3.8) is 0 Å². The molecule has 0 atom stereocenters. The SMILES string of the molecule is CCc1ccc2c(c1)c(NC1CCN(Cc3ccc4c(c3)OCO4)CC1)cc(=O)n2CC. The Hall–Kier alpha value is -2.99. The number of benzene rings is 2. The summed E-state index contributed by atoms with van der Waals surface area (Å²) in [7, 11) is 0. The molecule has 0 bridgehead atoms. The van der Waals surface area contributed by atoms with E-state index in [2.05, 4.69) is 47.5 Å². The Labute approximate surface area is 188 Å². The van der Waals surface area contributed by atoms with Gasteiger partial charge in [-0.3, -0.25) is 9.69 Å². The van der Waals surface area contributed by atoms with Gasteiger partial charge >= 0.3 is 0 Å². The summed E-state index contributed by atoms with van der Waals surface area (Å²) in [4.78, 5) is 15.2. The fourth-order valence-corrected chi connectivity index (χ4v) is 4.85. The number of nitrogens with one attached hydrogen (secondary N) is 1. The number of rotatable bonds is 6. The summed E-state index contributed by atoms with van der Waals surface area (Å²) in [5.74, 6) is 1.68. The summed E-state index contributed by atoms with van der Waals surface area (Å²) >= 11 is 0. The number of ether oxygens (including phenoxy) is 2. The maximum absolute atomic E-state index is 12.7. The minimum atomic E-state index is 0.0620. The summed E-state index contributed by atoms with van der Waals surface area (Å²) in [6, 6.07) is 14.8. The molecule has 0 radical (unpaired) electrons. The van der Waals surface area contributed by atoms with Crippen molar-refractivity contribution in [2.45, 2.75) is 52.2 Å². The maximum atomic E-state index is 12.7. The van der Waals surface area contributed by atoms with Gasteiger partial charge in [-0.25, -0.2) is 0 Å². The summed E-state index contributed by atoms with van der Waals surface area (Å²) in [6.07, 6.45) is 3.09. The van der Waals surface area contributed by atoms with Crippen LogP contribution in [0.1, 0.15) is 37.8 Å². The van der Waals surface area contributed by atoms with Crippen molar-refractivity contribution < 1.29 is 9.47 Å². The van der Waals surface area contributed by atoms with E-state index in [1.54, 1.807) is 6.07 Å². The maximum Gasteiger partial charge on any atom is 0.253 e. The third-order valence-electron chi connectivity index (χ3n) is 6.69. The first-order valence-electron chi connectivity index (χ1n) is 11.7. The Kier molecular flexibility index (Phi) is 5.79. The van der Waals surface area contributed by atoms with E-state index >= 15 is 0 Å². The van der Waals surface area contributed by atoms with Gasteiger partial charge in [0.05, 0.1) is 5.52 Å². The van der Waals surface area contributed by atoms with Crippen LogP contribution in [0.5, 0.6) is 11.5 Å². The number of anilines is 1. The van der Waals surface area contributed by atoms with Crippen molar-refractivity contribution in [1.82, 2.24) is 9.47 Å². The van der Waals surface area contributed by atoms with Gasteiger partial charge in [0.15, 0.2) is 11.5 Å². The molecule has 168 valence electrons. The molecule has 32 heavy (non-hydrogen) atoms. The van der Waals surface area contributed by atoms with Crippen LogP contribution in [0.25, 0.3) is 10.9 Å². The molecule has 3 aromatic rings. The highest BCUT2D eigenvalue weighted by Crippen LogP contribution is 2.33. The average Bonchev–Trinajstić information content (AvgIpc) is 3.28. The minimum absolute atomic E-state index is 0.0620. The normalized spacial score (nSPS) is 16.6. The Morgan fingerprint density at radius 3 is 2.53 bits per heavy atom. The van der Waals surface area contributed by atoms with Gasteiger partial charge in [-0.1, -0.05) is 19.1 Å². The van der Waals surface area contributed by atoms with Crippen LogP contribution < -0.4 is 20.3 Å². The van der Waals surface area contributed by atoms with E-state index in [-0.39, 0.29) is 5.56 Å². The molecule has 6 heteroatoms. The lowest BCUT2D eigenvalue weighted by atomic mass is 10.0. The molecule has 0 amide bonds. The van der Waals surface area contributed by atoms with Crippen molar-refractivity contribution in [3.05, 3.63) is 63.9 Å². The molecule has 1 saturated heterocycles. The zero-order valence-electron chi connectivity index (χ0n) is 18.9. The fraction of sp³-hybridized carbons (Fsp3) is 0.423. The van der Waals surface area contributed by atoms with E-state index in [1.807, 2.05) is 17.6 Å². The van der Waals surface area contributed by atoms with E-state index in [1.165, 1.54) is 11.1 Å². The second-order valence-electron chi connectivity index (χ2n) is 8.73. The predicted octanol–water partition coefficient (Wildman–Crippen LogP) is 4.39. The molecule has 1 N–H and O–H groups in total. The summed E-state index contributed by atoms with van der Waals surface area (Å²) in [5.41, 5.74) is 4.59. The van der Waals surface area contributed by atoms with Gasteiger partial charge in [-0.15, -0.1) is 0 Å². The Morgan fingerprint density at radius 2 is 1.75 bits per heavy atom. The Balaban J connectivity index is 1.28. The number of nitrogens with zero attached hydrogens (tertiary/aromatic N) is 2. The van der Waals surface area contributed by atoms with E-state index in [9.17, 15) is 4.79 Å².